The van der Waals surface area contributed by atoms with Crippen LogP contribution in [0.15, 0.2) is 57.7 Å². The summed E-state index contributed by atoms with van der Waals surface area (Å²) in [6.45, 7) is 8.17. The van der Waals surface area contributed by atoms with E-state index in [0.717, 1.165) is 44.9 Å². The van der Waals surface area contributed by atoms with Crippen LogP contribution in [0.3, 0.4) is 0 Å². The molecule has 4 aliphatic carbocycles. The molecule has 54 heavy (non-hydrogen) atoms. The average molecular weight is 756 g/mol. The van der Waals surface area contributed by atoms with Crippen LogP contribution in [0.5, 0.6) is 0 Å². The van der Waals surface area contributed by atoms with Crippen LogP contribution in [0, 0.1) is 23.7 Å². The number of carbonyl (C=O) groups is 6. The number of thioether (sulfide) groups is 1. The lowest BCUT2D eigenvalue weighted by molar-refractivity contribution is -0.185. The van der Waals surface area contributed by atoms with E-state index in [4.69, 9.17) is 0 Å². The Morgan fingerprint density at radius 1 is 1.09 bits per heavy atom. The van der Waals surface area contributed by atoms with Crippen LogP contribution in [-0.4, -0.2) is 87.9 Å². The standard InChI is InChI=1S/C42H53N5O6S/c1-4-19-43-39(51)35(48)31(22-26-14-15-26)44-38(50)34-30(25(2)3)16-20-46(34)40(52)33(29-23-27-11-6-7-12-28(27)24-29)47-41(53)36(42(47)17-8-5-9-18-42)45-37(49)32-13-10-21-54-32/h4,6,11,21,25-26,29-31,33-34,36H,1,5,7-9,12,14-20,22-24H2,2-3H3,(H,43,51)(H,44,50)(H,45,49)/t29-,30-,31?,33+,34+,36-/m1/s1. The number of ketones is 1. The van der Waals surface area contributed by atoms with E-state index in [9.17, 15) is 24.0 Å². The largest absolute Gasteiger partial charge is 0.346 e. The van der Waals surface area contributed by atoms with Crippen molar-refractivity contribution in [2.45, 2.75) is 127 Å². The van der Waals surface area contributed by atoms with E-state index in [1.807, 2.05) is 18.7 Å². The minimum Gasteiger partial charge on any atom is -0.346 e. The van der Waals surface area contributed by atoms with Crippen molar-refractivity contribution in [3.63, 3.8) is 0 Å². The Labute approximate surface area is 322 Å². The van der Waals surface area contributed by atoms with Gasteiger partial charge in [-0.2, -0.15) is 0 Å². The number of nitrogens with zero attached hydrogens (tertiary/aromatic N) is 2. The molecule has 2 saturated carbocycles. The van der Waals surface area contributed by atoms with Crippen molar-refractivity contribution < 1.29 is 28.8 Å². The van der Waals surface area contributed by atoms with Crippen LogP contribution in [0.2, 0.25) is 0 Å². The Kier molecular flexibility index (Phi) is 11.3. The second-order valence-electron chi connectivity index (χ2n) is 16.6. The van der Waals surface area contributed by atoms with Gasteiger partial charge in [-0.3, -0.25) is 28.8 Å². The molecule has 7 rings (SSSR count). The lowest BCUT2D eigenvalue weighted by Gasteiger charge is -2.62. The van der Waals surface area contributed by atoms with Crippen LogP contribution in [0.4, 0.5) is 0 Å². The van der Waals surface area contributed by atoms with Gasteiger partial charge in [-0.1, -0.05) is 87.2 Å². The zero-order valence-corrected chi connectivity index (χ0v) is 32.3. The minimum atomic E-state index is -1.00. The molecule has 0 radical (unpaired) electrons. The number of Topliss-reactive ketones (excluding diaryl/α,β-unsaturated/α-hetero) is 1. The number of hydrogen-bond donors (Lipinski definition) is 3. The number of rotatable bonds is 14. The monoisotopic (exact) mass is 755 g/mol. The topological polar surface area (TPSA) is 145 Å². The molecule has 288 valence electrons. The van der Waals surface area contributed by atoms with Crippen LogP contribution in [-0.2, 0) is 28.8 Å². The van der Waals surface area contributed by atoms with E-state index in [1.54, 1.807) is 10.3 Å². The maximum Gasteiger partial charge on any atom is 0.289 e. The Balaban J connectivity index is 1.20. The summed E-state index contributed by atoms with van der Waals surface area (Å²) >= 11 is 1.22. The molecular formula is C42H53N5O6S. The Hall–Kier alpha value is -4.11. The highest BCUT2D eigenvalue weighted by molar-refractivity contribution is 8.06. The van der Waals surface area contributed by atoms with Crippen molar-refractivity contribution in [3.8, 4) is 0 Å². The molecule has 5 amide bonds. The Bertz CT molecular complexity index is 1780. The molecule has 2 saturated heterocycles. The quantitative estimate of drug-likeness (QED) is 0.103. The van der Waals surface area contributed by atoms with Crippen LogP contribution in [0.1, 0.15) is 97.3 Å². The third-order valence-electron chi connectivity index (χ3n) is 12.9. The molecule has 0 aromatic rings. The summed E-state index contributed by atoms with van der Waals surface area (Å²) < 4.78 is 0. The first-order valence-corrected chi connectivity index (χ1v) is 20.8. The Morgan fingerprint density at radius 3 is 2.54 bits per heavy atom. The van der Waals surface area contributed by atoms with Crippen LogP contribution in [0.25, 0.3) is 0 Å². The molecule has 0 bridgehead atoms. The van der Waals surface area contributed by atoms with E-state index in [-0.39, 0.29) is 47.9 Å². The maximum absolute atomic E-state index is 15.5. The second kappa shape index (κ2) is 15.9. The summed E-state index contributed by atoms with van der Waals surface area (Å²) in [4.78, 5) is 87.9. The van der Waals surface area contributed by atoms with E-state index >= 15 is 4.79 Å². The summed E-state index contributed by atoms with van der Waals surface area (Å²) in [6, 6.07) is -3.45. The van der Waals surface area contributed by atoms with Gasteiger partial charge in [0.2, 0.25) is 23.5 Å². The molecule has 1 unspecified atom stereocenters. The number of β-lactam (4-membered cyclic amide) rings is 1. The molecule has 7 aliphatic rings. The number of amides is 5. The van der Waals surface area contributed by atoms with Crippen LogP contribution < -0.4 is 16.0 Å². The fraction of sp³-hybridized carbons (Fsp3) is 0.619. The molecule has 3 aliphatic heterocycles. The molecule has 3 N–H and O–H groups in total. The smallest absolute Gasteiger partial charge is 0.289 e. The third kappa shape index (κ3) is 7.33. The van der Waals surface area contributed by atoms with Gasteiger partial charge in [0.15, 0.2) is 0 Å². The highest BCUT2D eigenvalue weighted by Gasteiger charge is 2.65. The van der Waals surface area contributed by atoms with Gasteiger partial charge >= 0.3 is 0 Å². The lowest BCUT2D eigenvalue weighted by Crippen LogP contribution is -2.83. The average Bonchev–Trinajstić information content (AvgIpc) is 3.54. The van der Waals surface area contributed by atoms with Crippen molar-refractivity contribution in [3.05, 3.63) is 57.7 Å². The van der Waals surface area contributed by atoms with E-state index in [0.29, 0.717) is 50.0 Å². The molecule has 12 heteroatoms. The molecule has 0 aromatic heterocycles. The number of allylic oxidation sites excluding steroid dienone is 4. The first-order chi connectivity index (χ1) is 26.0. The first kappa shape index (κ1) is 38.2. The summed E-state index contributed by atoms with van der Waals surface area (Å²) in [5.41, 5.74) is 7.48. The summed E-state index contributed by atoms with van der Waals surface area (Å²) in [7, 11) is 0. The van der Waals surface area contributed by atoms with Gasteiger partial charge in [0.1, 0.15) is 23.0 Å². The van der Waals surface area contributed by atoms with Crippen molar-refractivity contribution in [2.75, 3.05) is 13.1 Å². The van der Waals surface area contributed by atoms with E-state index in [2.05, 4.69) is 46.1 Å². The van der Waals surface area contributed by atoms with Gasteiger partial charge in [-0.15, -0.1) is 6.58 Å². The molecular weight excluding hydrogens is 703 g/mol. The summed E-state index contributed by atoms with van der Waals surface area (Å²) in [5, 5.41) is 10.2. The van der Waals surface area contributed by atoms with Crippen molar-refractivity contribution in [2.24, 2.45) is 23.7 Å². The third-order valence-corrected chi connectivity index (χ3v) is 13.6. The maximum atomic E-state index is 15.5. The second-order valence-corrected chi connectivity index (χ2v) is 17.5. The first-order valence-electron chi connectivity index (χ1n) is 20.0. The minimum absolute atomic E-state index is 0.0530. The zero-order chi connectivity index (χ0) is 38.1. The molecule has 11 nitrogen and oxygen atoms in total. The SMILES string of the molecule is C=CCNC(=O)C(=O)C(CC1CC1)NC(=O)[C@@H]1[C@@H](C(C)C)CCN1C(=O)[C@H]([C@@H]1CC2=C(CCC=C2)C1)N1C(=O)[C@@H](NC(=O)C2=C=C=CS2)C12CCCCC2. The highest BCUT2D eigenvalue weighted by atomic mass is 32.2. The fourth-order valence-electron chi connectivity index (χ4n) is 9.96. The fourth-order valence-corrected chi connectivity index (χ4v) is 10.5. The molecule has 0 aromatic carbocycles. The molecule has 6 atom stereocenters. The summed E-state index contributed by atoms with van der Waals surface area (Å²) in [6.07, 6.45) is 16.0. The predicted molar refractivity (Wildman–Crippen MR) is 205 cm³/mol. The molecule has 1 spiro atoms. The van der Waals surface area contributed by atoms with Crippen LogP contribution >= 0.6 is 11.8 Å². The predicted octanol–water partition coefficient (Wildman–Crippen LogP) is 4.37. The van der Waals surface area contributed by atoms with Gasteiger partial charge in [0.05, 0.1) is 11.6 Å². The number of hydrogen-bond acceptors (Lipinski definition) is 7. The number of nitrogens with one attached hydrogen (secondary N) is 3. The van der Waals surface area contributed by atoms with Gasteiger partial charge in [-0.05, 0) is 86.3 Å². The Morgan fingerprint density at radius 2 is 1.87 bits per heavy atom. The van der Waals surface area contributed by atoms with Crippen molar-refractivity contribution in [1.82, 2.24) is 25.8 Å². The number of carbonyl (C=O) groups excluding carboxylic acids is 6. The van der Waals surface area contributed by atoms with Gasteiger partial charge < -0.3 is 25.8 Å². The van der Waals surface area contributed by atoms with Gasteiger partial charge in [0, 0.05) is 18.5 Å². The van der Waals surface area contributed by atoms with Crippen molar-refractivity contribution >= 4 is 47.1 Å². The van der Waals surface area contributed by atoms with E-state index in [1.165, 1.54) is 29.0 Å². The highest BCUT2D eigenvalue weighted by Crippen LogP contribution is 2.51. The van der Waals surface area contributed by atoms with Gasteiger partial charge in [-0.25, -0.2) is 0 Å². The lowest BCUT2D eigenvalue weighted by atomic mass is 9.66. The van der Waals surface area contributed by atoms with Gasteiger partial charge in [0.25, 0.3) is 11.8 Å². The van der Waals surface area contributed by atoms with E-state index < -0.39 is 47.3 Å². The summed E-state index contributed by atoms with van der Waals surface area (Å²) in [5.74, 6) is -2.81. The number of likely N-dealkylation sites (tertiary alicyclic amines) is 2. The normalized spacial score (nSPS) is 27.8. The van der Waals surface area contributed by atoms with Crippen molar-refractivity contribution in [1.29, 1.82) is 0 Å². The molecule has 4 fully saturated rings. The zero-order valence-electron chi connectivity index (χ0n) is 31.5. The molecule has 3 heterocycles.